The van der Waals surface area contributed by atoms with Crippen molar-refractivity contribution < 1.29 is 14.3 Å². The van der Waals surface area contributed by atoms with Gasteiger partial charge in [-0.15, -0.1) is 0 Å². The molecule has 1 N–H and O–H groups in total. The van der Waals surface area contributed by atoms with Gasteiger partial charge in [-0.2, -0.15) is 0 Å². The number of likely N-dealkylation sites (N-methyl/N-ethyl adjacent to an activating group) is 2. The highest BCUT2D eigenvalue weighted by molar-refractivity contribution is 14.1. The van der Waals surface area contributed by atoms with Crippen LogP contribution in [0.15, 0.2) is 30.3 Å². The van der Waals surface area contributed by atoms with Crippen molar-refractivity contribution in [3.63, 3.8) is 0 Å². The molecule has 0 heterocycles. The zero-order chi connectivity index (χ0) is 22.1. The van der Waals surface area contributed by atoms with Crippen molar-refractivity contribution in [3.8, 4) is 17.2 Å². The molecule has 164 valence electrons. The zero-order valence-electron chi connectivity index (χ0n) is 18.1. The highest BCUT2D eigenvalue weighted by atomic mass is 127. The molecule has 0 saturated carbocycles. The molecule has 2 aromatic carbocycles. The van der Waals surface area contributed by atoms with E-state index in [0.717, 1.165) is 69.0 Å². The van der Waals surface area contributed by atoms with E-state index in [4.69, 9.17) is 9.47 Å². The van der Waals surface area contributed by atoms with Crippen LogP contribution in [0.4, 0.5) is 0 Å². The van der Waals surface area contributed by atoms with Crippen LogP contribution in [0.5, 0.6) is 17.2 Å². The third kappa shape index (κ3) is 7.35. The molecule has 0 unspecified atom stereocenters. The molecule has 0 fully saturated rings. The minimum Gasteiger partial charge on any atom is -0.497 e. The molecule has 0 saturated heterocycles. The second-order valence-electron chi connectivity index (χ2n) is 7.04. The van der Waals surface area contributed by atoms with Crippen LogP contribution in [0.25, 0.3) is 0 Å². The normalized spacial score (nSPS) is 11.0. The first-order valence-electron chi connectivity index (χ1n) is 10.1. The molecule has 7 heteroatoms. The summed E-state index contributed by atoms with van der Waals surface area (Å²) >= 11 is 4.47. The molecule has 2 rings (SSSR count). The van der Waals surface area contributed by atoms with E-state index >= 15 is 0 Å². The Bertz CT molecular complexity index is 835. The average Bonchev–Trinajstić information content (AvgIpc) is 2.73. The molecule has 0 spiro atoms. The second-order valence-corrected chi connectivity index (χ2v) is 9.37. The van der Waals surface area contributed by atoms with Crippen LogP contribution in [0.3, 0.4) is 0 Å². The number of Topliss-reactive ketones (excluding diaryl/α,β-unsaturated/α-hetero) is 1. The minimum atomic E-state index is 0.0567. The second kappa shape index (κ2) is 12.8. The van der Waals surface area contributed by atoms with Crippen molar-refractivity contribution in [2.45, 2.75) is 26.7 Å². The molecule has 30 heavy (non-hydrogen) atoms. The molecule has 0 aliphatic carbocycles. The highest BCUT2D eigenvalue weighted by Gasteiger charge is 2.15. The summed E-state index contributed by atoms with van der Waals surface area (Å²) in [6, 6.07) is 9.71. The first-order valence-corrected chi connectivity index (χ1v) is 12.3. The summed E-state index contributed by atoms with van der Waals surface area (Å²) in [6.07, 6.45) is 1.94. The van der Waals surface area contributed by atoms with Crippen LogP contribution >= 0.6 is 45.2 Å². The first-order chi connectivity index (χ1) is 14.4. The van der Waals surface area contributed by atoms with Gasteiger partial charge in [-0.25, -0.2) is 0 Å². The Hall–Kier alpha value is -0.910. The number of hydrogen-bond donors (Lipinski definition) is 1. The summed E-state index contributed by atoms with van der Waals surface area (Å²) < 4.78 is 13.6. The zero-order valence-corrected chi connectivity index (χ0v) is 22.4. The molecule has 0 radical (unpaired) electrons. The van der Waals surface area contributed by atoms with E-state index in [2.05, 4.69) is 68.4 Å². The lowest BCUT2D eigenvalue weighted by molar-refractivity contribution is 0.101. The van der Waals surface area contributed by atoms with Gasteiger partial charge in [0, 0.05) is 18.7 Å². The van der Waals surface area contributed by atoms with Crippen molar-refractivity contribution in [3.05, 3.63) is 48.6 Å². The van der Waals surface area contributed by atoms with Crippen LogP contribution in [-0.4, -0.2) is 51.0 Å². The van der Waals surface area contributed by atoms with Gasteiger partial charge in [-0.05, 0) is 121 Å². The number of nitrogens with zero attached hydrogens (tertiary/aromatic N) is 1. The summed E-state index contributed by atoms with van der Waals surface area (Å²) in [7, 11) is 3.67. The average molecular weight is 636 g/mol. The standard InChI is InChI=1S/C23H30I2N2O3/c1-5-27(12-10-26-3)11-6-7-17-13-19(29-4)8-9-22(17)30-23-20(24)14-18(16(2)28)15-21(23)25/h8-9,13-15,26H,5-7,10-12H2,1-4H3. The Morgan fingerprint density at radius 1 is 1.13 bits per heavy atom. The summed E-state index contributed by atoms with van der Waals surface area (Å²) in [5.41, 5.74) is 1.83. The van der Waals surface area contributed by atoms with Crippen LogP contribution in [-0.2, 0) is 6.42 Å². The van der Waals surface area contributed by atoms with E-state index < -0.39 is 0 Å². The largest absolute Gasteiger partial charge is 0.497 e. The number of ketones is 1. The van der Waals surface area contributed by atoms with Crippen molar-refractivity contribution in [1.29, 1.82) is 0 Å². The van der Waals surface area contributed by atoms with Crippen LogP contribution in [0, 0.1) is 7.14 Å². The molecule has 0 atom stereocenters. The van der Waals surface area contributed by atoms with Gasteiger partial charge in [0.1, 0.15) is 11.5 Å². The number of methoxy groups -OCH3 is 1. The minimum absolute atomic E-state index is 0.0567. The van der Waals surface area contributed by atoms with Crippen molar-refractivity contribution in [1.82, 2.24) is 10.2 Å². The number of carbonyl (C=O) groups excluding carboxylic acids is 1. The van der Waals surface area contributed by atoms with Crippen molar-refractivity contribution in [2.75, 3.05) is 40.3 Å². The molecule has 0 aliphatic rings. The Kier molecular flexibility index (Phi) is 10.8. The molecule has 2 aromatic rings. The predicted molar refractivity (Wildman–Crippen MR) is 139 cm³/mol. The fraction of sp³-hybridized carbons (Fsp3) is 0.435. The van der Waals surface area contributed by atoms with Gasteiger partial charge < -0.3 is 19.7 Å². The van der Waals surface area contributed by atoms with Gasteiger partial charge in [-0.1, -0.05) is 6.92 Å². The van der Waals surface area contributed by atoms with E-state index in [1.807, 2.05) is 31.3 Å². The fourth-order valence-electron chi connectivity index (χ4n) is 3.14. The van der Waals surface area contributed by atoms with Crippen LogP contribution in [0.2, 0.25) is 0 Å². The molecular formula is C23H30I2N2O3. The monoisotopic (exact) mass is 636 g/mol. The lowest BCUT2D eigenvalue weighted by atomic mass is 10.1. The predicted octanol–water partition coefficient (Wildman–Crippen LogP) is 5.37. The number of hydrogen-bond acceptors (Lipinski definition) is 5. The number of benzene rings is 2. The van der Waals surface area contributed by atoms with Gasteiger partial charge in [0.05, 0.1) is 14.3 Å². The van der Waals surface area contributed by atoms with E-state index in [0.29, 0.717) is 5.56 Å². The maximum Gasteiger partial charge on any atom is 0.159 e. The van der Waals surface area contributed by atoms with E-state index in [-0.39, 0.29) is 5.78 Å². The van der Waals surface area contributed by atoms with Gasteiger partial charge in [-0.3, -0.25) is 4.79 Å². The molecular weight excluding hydrogens is 606 g/mol. The van der Waals surface area contributed by atoms with Crippen LogP contribution < -0.4 is 14.8 Å². The van der Waals surface area contributed by atoms with Gasteiger partial charge in [0.15, 0.2) is 11.5 Å². The lowest BCUT2D eigenvalue weighted by Crippen LogP contribution is -2.31. The van der Waals surface area contributed by atoms with E-state index in [1.165, 1.54) is 0 Å². The van der Waals surface area contributed by atoms with Gasteiger partial charge in [0.25, 0.3) is 0 Å². The number of rotatable bonds is 12. The third-order valence-corrected chi connectivity index (χ3v) is 6.53. The SMILES string of the molecule is CCN(CCCc1cc(OC)ccc1Oc1c(I)cc(C(C)=O)cc1I)CCNC. The number of ether oxygens (including phenoxy) is 2. The van der Waals surface area contributed by atoms with Crippen LogP contribution in [0.1, 0.15) is 36.2 Å². The Morgan fingerprint density at radius 3 is 2.40 bits per heavy atom. The third-order valence-electron chi connectivity index (χ3n) is 4.93. The fourth-order valence-corrected chi connectivity index (χ4v) is 5.13. The number of halogens is 2. The molecule has 0 bridgehead atoms. The molecule has 0 aliphatic heterocycles. The topological polar surface area (TPSA) is 50.8 Å². The van der Waals surface area contributed by atoms with Crippen molar-refractivity contribution >= 4 is 51.0 Å². The Morgan fingerprint density at radius 2 is 1.83 bits per heavy atom. The van der Waals surface area contributed by atoms with Gasteiger partial charge in [0.2, 0.25) is 0 Å². The highest BCUT2D eigenvalue weighted by Crippen LogP contribution is 2.36. The van der Waals surface area contributed by atoms with E-state index in [1.54, 1.807) is 14.0 Å². The quantitative estimate of drug-likeness (QED) is 0.251. The summed E-state index contributed by atoms with van der Waals surface area (Å²) in [4.78, 5) is 14.2. The molecule has 0 amide bonds. The van der Waals surface area contributed by atoms with E-state index in [9.17, 15) is 4.79 Å². The van der Waals surface area contributed by atoms with Gasteiger partial charge >= 0.3 is 0 Å². The summed E-state index contributed by atoms with van der Waals surface area (Å²) in [5, 5.41) is 3.21. The summed E-state index contributed by atoms with van der Waals surface area (Å²) in [5.74, 6) is 2.51. The Labute approximate surface area is 207 Å². The lowest BCUT2D eigenvalue weighted by Gasteiger charge is -2.20. The maximum atomic E-state index is 11.7. The number of aryl methyl sites for hydroxylation is 1. The number of carbonyl (C=O) groups is 1. The molecule has 0 aromatic heterocycles. The molecule has 5 nitrogen and oxygen atoms in total. The Balaban J connectivity index is 2.20. The summed E-state index contributed by atoms with van der Waals surface area (Å²) in [6.45, 7) is 7.91. The first kappa shape index (κ1) is 25.4. The van der Waals surface area contributed by atoms with Crippen molar-refractivity contribution in [2.24, 2.45) is 0 Å². The smallest absolute Gasteiger partial charge is 0.159 e. The maximum absolute atomic E-state index is 11.7. The number of nitrogens with one attached hydrogen (secondary N) is 1.